The fourth-order valence-corrected chi connectivity index (χ4v) is 2.28. The van der Waals surface area contributed by atoms with Gasteiger partial charge in [0.15, 0.2) is 0 Å². The minimum Gasteiger partial charge on any atom is -0.458 e. The third kappa shape index (κ3) is 5.43. The van der Waals surface area contributed by atoms with Gasteiger partial charge in [-0.15, -0.1) is 0 Å². The van der Waals surface area contributed by atoms with Crippen molar-refractivity contribution >= 4 is 12.1 Å². The second kappa shape index (κ2) is 7.31. The summed E-state index contributed by atoms with van der Waals surface area (Å²) in [6.07, 6.45) is 2.45. The molecule has 1 aliphatic heterocycles. The molecule has 0 radical (unpaired) electrons. The number of carbonyl (C=O) groups excluding carboxylic acids is 2. The number of ether oxygens (including phenoxy) is 2. The molecule has 1 aliphatic rings. The van der Waals surface area contributed by atoms with E-state index in [4.69, 9.17) is 9.47 Å². The molecule has 1 saturated heterocycles. The Hall–Kier alpha value is -2.30. The highest BCUT2D eigenvalue weighted by molar-refractivity contribution is 5.84. The molecule has 2 rings (SSSR count). The first-order chi connectivity index (χ1) is 10.8. The fourth-order valence-electron chi connectivity index (χ4n) is 2.28. The quantitative estimate of drug-likeness (QED) is 0.631. The van der Waals surface area contributed by atoms with Gasteiger partial charge >= 0.3 is 12.1 Å². The van der Waals surface area contributed by atoms with Crippen molar-refractivity contribution in [1.82, 2.24) is 4.90 Å². The van der Waals surface area contributed by atoms with Crippen LogP contribution in [0.1, 0.15) is 39.2 Å². The molecule has 1 amide bonds. The van der Waals surface area contributed by atoms with E-state index in [0.29, 0.717) is 18.7 Å². The Balaban J connectivity index is 1.94. The summed E-state index contributed by atoms with van der Waals surface area (Å²) in [5.74, 6) is -0.445. The Morgan fingerprint density at radius 2 is 1.91 bits per heavy atom. The molecule has 0 saturated carbocycles. The first-order valence-electron chi connectivity index (χ1n) is 7.77. The van der Waals surface area contributed by atoms with Crippen LogP contribution in [0.4, 0.5) is 4.79 Å². The third-order valence-corrected chi connectivity index (χ3v) is 3.28. The van der Waals surface area contributed by atoms with Gasteiger partial charge in [0, 0.05) is 18.3 Å². The highest BCUT2D eigenvalue weighted by Crippen LogP contribution is 2.23. The van der Waals surface area contributed by atoms with Crippen LogP contribution in [0.25, 0.3) is 0 Å². The standard InChI is InChI=1S/C18H23NO4/c1-18(2,3)23-17(21)19-11-7-10-15(19)12-16(20)22-13-14-8-5-4-6-9-14/h4-6,8-9,12H,7,10-11,13H2,1-3H3/b15-12+. The molecule has 1 aromatic carbocycles. The minimum absolute atomic E-state index is 0.218. The molecule has 124 valence electrons. The summed E-state index contributed by atoms with van der Waals surface area (Å²) < 4.78 is 10.6. The van der Waals surface area contributed by atoms with Crippen molar-refractivity contribution in [1.29, 1.82) is 0 Å². The lowest BCUT2D eigenvalue weighted by Crippen LogP contribution is -2.34. The highest BCUT2D eigenvalue weighted by atomic mass is 16.6. The number of benzene rings is 1. The molecule has 23 heavy (non-hydrogen) atoms. The molecular formula is C18H23NO4. The smallest absolute Gasteiger partial charge is 0.414 e. The number of hydrogen-bond donors (Lipinski definition) is 0. The van der Waals surface area contributed by atoms with Crippen molar-refractivity contribution in [2.45, 2.75) is 45.8 Å². The Morgan fingerprint density at radius 1 is 1.22 bits per heavy atom. The average Bonchev–Trinajstić information content (AvgIpc) is 2.93. The number of nitrogens with zero attached hydrogens (tertiary/aromatic N) is 1. The van der Waals surface area contributed by atoms with Crippen LogP contribution in [0.3, 0.4) is 0 Å². The van der Waals surface area contributed by atoms with E-state index in [1.807, 2.05) is 51.1 Å². The maximum atomic E-state index is 12.1. The van der Waals surface area contributed by atoms with Crippen molar-refractivity contribution in [2.24, 2.45) is 0 Å². The molecule has 0 bridgehead atoms. The Morgan fingerprint density at radius 3 is 2.57 bits per heavy atom. The van der Waals surface area contributed by atoms with Gasteiger partial charge in [-0.25, -0.2) is 9.59 Å². The maximum Gasteiger partial charge on any atom is 0.414 e. The molecule has 0 N–H and O–H groups in total. The van der Waals surface area contributed by atoms with Crippen LogP contribution in [-0.4, -0.2) is 29.1 Å². The molecule has 0 spiro atoms. The summed E-state index contributed by atoms with van der Waals surface area (Å²) >= 11 is 0. The topological polar surface area (TPSA) is 55.8 Å². The predicted molar refractivity (Wildman–Crippen MR) is 86.5 cm³/mol. The van der Waals surface area contributed by atoms with E-state index >= 15 is 0 Å². The summed E-state index contributed by atoms with van der Waals surface area (Å²) in [6.45, 7) is 6.23. The van der Waals surface area contributed by atoms with Gasteiger partial charge in [-0.1, -0.05) is 30.3 Å². The highest BCUT2D eigenvalue weighted by Gasteiger charge is 2.28. The van der Waals surface area contributed by atoms with Crippen LogP contribution in [0, 0.1) is 0 Å². The van der Waals surface area contributed by atoms with Crippen molar-refractivity contribution in [3.8, 4) is 0 Å². The first kappa shape index (κ1) is 17.1. The van der Waals surface area contributed by atoms with Crippen LogP contribution < -0.4 is 0 Å². The molecule has 0 atom stereocenters. The normalized spacial score (nSPS) is 16.5. The fraction of sp³-hybridized carbons (Fsp3) is 0.444. The Kier molecular flexibility index (Phi) is 5.42. The lowest BCUT2D eigenvalue weighted by Gasteiger charge is -2.25. The van der Waals surface area contributed by atoms with Crippen molar-refractivity contribution in [3.63, 3.8) is 0 Å². The summed E-state index contributed by atoms with van der Waals surface area (Å²) in [5, 5.41) is 0. The van der Waals surface area contributed by atoms with Gasteiger partial charge in [-0.3, -0.25) is 4.90 Å². The summed E-state index contributed by atoms with van der Waals surface area (Å²) in [7, 11) is 0. The molecule has 1 aromatic rings. The Labute approximate surface area is 136 Å². The molecule has 0 aromatic heterocycles. The van der Waals surface area contributed by atoms with Crippen molar-refractivity contribution in [2.75, 3.05) is 6.54 Å². The zero-order valence-electron chi connectivity index (χ0n) is 13.9. The zero-order valence-corrected chi connectivity index (χ0v) is 13.9. The van der Waals surface area contributed by atoms with E-state index in [9.17, 15) is 9.59 Å². The van der Waals surface area contributed by atoms with Crippen LogP contribution in [0.2, 0.25) is 0 Å². The van der Waals surface area contributed by atoms with Gasteiger partial charge in [0.25, 0.3) is 0 Å². The molecule has 0 aliphatic carbocycles. The summed E-state index contributed by atoms with van der Waals surface area (Å²) in [5.41, 5.74) is 1.02. The SMILES string of the molecule is CC(C)(C)OC(=O)N1CCC/C1=C\C(=O)OCc1ccccc1. The molecule has 5 nitrogen and oxygen atoms in total. The van der Waals surface area contributed by atoms with Gasteiger partial charge in [-0.05, 0) is 39.2 Å². The minimum atomic E-state index is -0.557. The lowest BCUT2D eigenvalue weighted by atomic mass is 10.2. The number of amides is 1. The van der Waals surface area contributed by atoms with E-state index in [1.54, 1.807) is 0 Å². The summed E-state index contributed by atoms with van der Waals surface area (Å²) in [6, 6.07) is 9.47. The van der Waals surface area contributed by atoms with Gasteiger partial charge in [0.1, 0.15) is 12.2 Å². The average molecular weight is 317 g/mol. The summed E-state index contributed by atoms with van der Waals surface area (Å²) in [4.78, 5) is 25.6. The van der Waals surface area contributed by atoms with Gasteiger partial charge in [0.2, 0.25) is 0 Å². The van der Waals surface area contributed by atoms with Crippen molar-refractivity contribution < 1.29 is 19.1 Å². The second-order valence-electron chi connectivity index (χ2n) is 6.46. The van der Waals surface area contributed by atoms with E-state index in [-0.39, 0.29) is 6.61 Å². The first-order valence-corrected chi connectivity index (χ1v) is 7.77. The van der Waals surface area contributed by atoms with Crippen molar-refractivity contribution in [3.05, 3.63) is 47.7 Å². The van der Waals surface area contributed by atoms with E-state index < -0.39 is 17.7 Å². The van der Waals surface area contributed by atoms with Gasteiger partial charge < -0.3 is 9.47 Å². The van der Waals surface area contributed by atoms with Crippen LogP contribution >= 0.6 is 0 Å². The predicted octanol–water partition coefficient (Wildman–Crippen LogP) is 3.64. The number of esters is 1. The zero-order chi connectivity index (χ0) is 16.9. The number of rotatable bonds is 3. The monoisotopic (exact) mass is 317 g/mol. The van der Waals surface area contributed by atoms with Gasteiger partial charge in [0.05, 0.1) is 0 Å². The largest absolute Gasteiger partial charge is 0.458 e. The Bertz CT molecular complexity index is 587. The number of likely N-dealkylation sites (tertiary alicyclic amines) is 1. The van der Waals surface area contributed by atoms with Crippen LogP contribution in [0.15, 0.2) is 42.1 Å². The number of allylic oxidation sites excluding steroid dienone is 1. The maximum absolute atomic E-state index is 12.1. The van der Waals surface area contributed by atoms with Crippen LogP contribution in [0.5, 0.6) is 0 Å². The van der Waals surface area contributed by atoms with Crippen LogP contribution in [-0.2, 0) is 20.9 Å². The molecular weight excluding hydrogens is 294 g/mol. The lowest BCUT2D eigenvalue weighted by molar-refractivity contribution is -0.139. The second-order valence-corrected chi connectivity index (χ2v) is 6.46. The molecule has 1 heterocycles. The third-order valence-electron chi connectivity index (χ3n) is 3.28. The number of hydrogen-bond acceptors (Lipinski definition) is 4. The molecule has 1 fully saturated rings. The van der Waals surface area contributed by atoms with E-state index in [0.717, 1.165) is 12.0 Å². The molecule has 5 heteroatoms. The number of carbonyl (C=O) groups is 2. The van der Waals surface area contributed by atoms with Gasteiger partial charge in [-0.2, -0.15) is 0 Å². The molecule has 0 unspecified atom stereocenters. The van der Waals surface area contributed by atoms with E-state index in [2.05, 4.69) is 0 Å². The van der Waals surface area contributed by atoms with E-state index in [1.165, 1.54) is 11.0 Å².